The fourth-order valence-electron chi connectivity index (χ4n) is 1.92. The Morgan fingerprint density at radius 3 is 2.32 bits per heavy atom. The van der Waals surface area contributed by atoms with Gasteiger partial charge in [0.25, 0.3) is 11.6 Å². The summed E-state index contributed by atoms with van der Waals surface area (Å²) < 4.78 is 58.1. The number of alkyl halides is 3. The quantitative estimate of drug-likeness (QED) is 0.343. The lowest BCUT2D eigenvalue weighted by Gasteiger charge is -2.09. The van der Waals surface area contributed by atoms with Crippen LogP contribution in [0.25, 0.3) is 0 Å². The lowest BCUT2D eigenvalue weighted by atomic mass is 10.2. The molecule has 0 spiro atoms. The molecule has 148 valence electrons. The van der Waals surface area contributed by atoms with E-state index in [4.69, 9.17) is 0 Å². The average molecular weight is 402 g/mol. The molecule has 8 nitrogen and oxygen atoms in total. The molecule has 0 aliphatic rings. The monoisotopic (exact) mass is 402 g/mol. The van der Waals surface area contributed by atoms with Gasteiger partial charge in [-0.05, 0) is 30.3 Å². The van der Waals surface area contributed by atoms with E-state index >= 15 is 0 Å². The fourth-order valence-corrected chi connectivity index (χ4v) is 1.92. The first kappa shape index (κ1) is 20.6. The van der Waals surface area contributed by atoms with E-state index in [9.17, 15) is 37.3 Å². The highest BCUT2D eigenvalue weighted by atomic mass is 19.4. The zero-order valence-electron chi connectivity index (χ0n) is 13.7. The molecule has 0 unspecified atom stereocenters. The van der Waals surface area contributed by atoms with E-state index in [2.05, 4.69) is 9.47 Å². The molecular weight excluding hydrogens is 392 g/mol. The maximum atomic E-state index is 13.6. The predicted molar refractivity (Wildman–Crippen MR) is 85.1 cm³/mol. The van der Waals surface area contributed by atoms with Crippen LogP contribution in [0.4, 0.5) is 28.9 Å². The number of nitrogens with one attached hydrogen (secondary N) is 1. The molecule has 0 saturated heterocycles. The number of amides is 1. The Morgan fingerprint density at radius 2 is 1.75 bits per heavy atom. The van der Waals surface area contributed by atoms with Gasteiger partial charge in [-0.25, -0.2) is 9.18 Å². The number of halogens is 4. The number of nitrogens with zero attached hydrogens (tertiary/aromatic N) is 1. The van der Waals surface area contributed by atoms with Crippen molar-refractivity contribution < 1.29 is 41.5 Å². The number of hydrogen-bond acceptors (Lipinski definition) is 6. The zero-order valence-corrected chi connectivity index (χ0v) is 13.7. The highest BCUT2D eigenvalue weighted by Crippen LogP contribution is 2.23. The minimum Gasteiger partial charge on any atom is -0.452 e. The van der Waals surface area contributed by atoms with Crippen LogP contribution in [0.5, 0.6) is 5.75 Å². The molecule has 1 amide bonds. The van der Waals surface area contributed by atoms with Crippen LogP contribution in [0.3, 0.4) is 0 Å². The Labute approximate surface area is 153 Å². The number of esters is 1. The van der Waals surface area contributed by atoms with Crippen molar-refractivity contribution in [3.05, 3.63) is 64.0 Å². The summed E-state index contributed by atoms with van der Waals surface area (Å²) in [7, 11) is 0. The van der Waals surface area contributed by atoms with Crippen molar-refractivity contribution in [3.8, 4) is 5.75 Å². The number of carbonyl (C=O) groups excluding carboxylic acids is 2. The standard InChI is InChI=1S/C16H10F4N2O6/c17-12-6-3-10(22(25)26)7-13(12)21-14(23)8-27-15(24)9-1-4-11(5-2-9)28-16(18,19)20/h1-7H,8H2,(H,21,23). The van der Waals surface area contributed by atoms with E-state index in [1.807, 2.05) is 5.32 Å². The number of non-ortho nitro benzene ring substituents is 1. The molecule has 2 aromatic carbocycles. The number of anilines is 1. The van der Waals surface area contributed by atoms with Crippen LogP contribution < -0.4 is 10.1 Å². The summed E-state index contributed by atoms with van der Waals surface area (Å²) in [5, 5.41) is 12.7. The van der Waals surface area contributed by atoms with Gasteiger partial charge in [-0.1, -0.05) is 0 Å². The second-order valence-corrected chi connectivity index (χ2v) is 5.12. The van der Waals surface area contributed by atoms with Gasteiger partial charge in [0.05, 0.1) is 16.2 Å². The van der Waals surface area contributed by atoms with Gasteiger partial charge in [-0.2, -0.15) is 0 Å². The van der Waals surface area contributed by atoms with Gasteiger partial charge < -0.3 is 14.8 Å². The van der Waals surface area contributed by atoms with Crippen molar-refractivity contribution >= 4 is 23.3 Å². The number of ether oxygens (including phenoxy) is 2. The molecule has 0 bridgehead atoms. The van der Waals surface area contributed by atoms with E-state index in [1.165, 1.54) is 0 Å². The highest BCUT2D eigenvalue weighted by Gasteiger charge is 2.31. The largest absolute Gasteiger partial charge is 0.573 e. The topological polar surface area (TPSA) is 108 Å². The molecule has 0 saturated carbocycles. The van der Waals surface area contributed by atoms with Crippen LogP contribution >= 0.6 is 0 Å². The molecule has 12 heteroatoms. The lowest BCUT2D eigenvalue weighted by molar-refractivity contribution is -0.384. The summed E-state index contributed by atoms with van der Waals surface area (Å²) in [5.74, 6) is -3.51. The molecule has 0 radical (unpaired) electrons. The van der Waals surface area contributed by atoms with Crippen molar-refractivity contribution in [2.75, 3.05) is 11.9 Å². The first-order valence-corrected chi connectivity index (χ1v) is 7.32. The smallest absolute Gasteiger partial charge is 0.452 e. The van der Waals surface area contributed by atoms with E-state index in [0.29, 0.717) is 0 Å². The van der Waals surface area contributed by atoms with E-state index in [0.717, 1.165) is 42.5 Å². The fraction of sp³-hybridized carbons (Fsp3) is 0.125. The van der Waals surface area contributed by atoms with Crippen LogP contribution in [0.2, 0.25) is 0 Å². The van der Waals surface area contributed by atoms with Crippen LogP contribution in [0.15, 0.2) is 42.5 Å². The van der Waals surface area contributed by atoms with Gasteiger partial charge >= 0.3 is 12.3 Å². The number of carbonyl (C=O) groups is 2. The molecule has 1 N–H and O–H groups in total. The minimum atomic E-state index is -4.89. The number of hydrogen-bond donors (Lipinski definition) is 1. The molecule has 0 aliphatic heterocycles. The van der Waals surface area contributed by atoms with Gasteiger partial charge in [0, 0.05) is 12.1 Å². The van der Waals surface area contributed by atoms with Gasteiger partial charge in [0.1, 0.15) is 11.6 Å². The lowest BCUT2D eigenvalue weighted by Crippen LogP contribution is -2.21. The molecular formula is C16H10F4N2O6. The SMILES string of the molecule is O=C(COC(=O)c1ccc(OC(F)(F)F)cc1)Nc1cc([N+](=O)[O-])ccc1F. The second kappa shape index (κ2) is 8.33. The van der Waals surface area contributed by atoms with Crippen molar-refractivity contribution in [2.45, 2.75) is 6.36 Å². The van der Waals surface area contributed by atoms with Crippen LogP contribution in [0, 0.1) is 15.9 Å². The second-order valence-electron chi connectivity index (χ2n) is 5.12. The van der Waals surface area contributed by atoms with E-state index in [1.54, 1.807) is 0 Å². The van der Waals surface area contributed by atoms with E-state index in [-0.39, 0.29) is 5.56 Å². The van der Waals surface area contributed by atoms with Gasteiger partial charge in [0.15, 0.2) is 6.61 Å². The molecule has 2 aromatic rings. The Kier molecular flexibility index (Phi) is 6.13. The molecule has 0 aliphatic carbocycles. The third kappa shape index (κ3) is 5.93. The third-order valence-corrected chi connectivity index (χ3v) is 3.09. The normalized spacial score (nSPS) is 10.9. The number of benzene rings is 2. The maximum absolute atomic E-state index is 13.6. The Morgan fingerprint density at radius 1 is 1.11 bits per heavy atom. The van der Waals surface area contributed by atoms with Crippen molar-refractivity contribution in [1.82, 2.24) is 0 Å². The van der Waals surface area contributed by atoms with Gasteiger partial charge in [-0.3, -0.25) is 14.9 Å². The van der Waals surface area contributed by atoms with Crippen LogP contribution in [0.1, 0.15) is 10.4 Å². The first-order valence-electron chi connectivity index (χ1n) is 7.32. The summed E-state index contributed by atoms with van der Waals surface area (Å²) in [6.45, 7) is -0.859. The summed E-state index contributed by atoms with van der Waals surface area (Å²) >= 11 is 0. The Bertz CT molecular complexity index is 899. The predicted octanol–water partition coefficient (Wildman–Crippen LogP) is 3.43. The molecule has 0 fully saturated rings. The minimum absolute atomic E-state index is 0.163. The Hall–Kier alpha value is -3.70. The van der Waals surface area contributed by atoms with Gasteiger partial charge in [0.2, 0.25) is 0 Å². The number of nitro benzene ring substituents is 1. The van der Waals surface area contributed by atoms with Crippen LogP contribution in [-0.4, -0.2) is 29.8 Å². The molecule has 0 aromatic heterocycles. The van der Waals surface area contributed by atoms with Crippen molar-refractivity contribution in [2.24, 2.45) is 0 Å². The third-order valence-electron chi connectivity index (χ3n) is 3.09. The summed E-state index contributed by atoms with van der Waals surface area (Å²) in [6.07, 6.45) is -4.89. The summed E-state index contributed by atoms with van der Waals surface area (Å²) in [6, 6.07) is 6.20. The molecule has 2 rings (SSSR count). The maximum Gasteiger partial charge on any atom is 0.573 e. The molecule has 0 atom stereocenters. The highest BCUT2D eigenvalue weighted by molar-refractivity contribution is 5.95. The zero-order chi connectivity index (χ0) is 20.9. The summed E-state index contributed by atoms with van der Waals surface area (Å²) in [4.78, 5) is 33.4. The molecule has 28 heavy (non-hydrogen) atoms. The Balaban J connectivity index is 1.93. The van der Waals surface area contributed by atoms with Crippen LogP contribution in [-0.2, 0) is 9.53 Å². The number of nitro groups is 1. The first-order chi connectivity index (χ1) is 13.0. The van der Waals surface area contributed by atoms with Crippen molar-refractivity contribution in [1.29, 1.82) is 0 Å². The number of rotatable bonds is 6. The summed E-state index contributed by atoms with van der Waals surface area (Å²) in [5.41, 5.74) is -1.11. The molecule has 0 heterocycles. The van der Waals surface area contributed by atoms with Crippen molar-refractivity contribution in [3.63, 3.8) is 0 Å². The average Bonchev–Trinajstić information content (AvgIpc) is 2.60. The van der Waals surface area contributed by atoms with E-state index < -0.39 is 52.7 Å². The van der Waals surface area contributed by atoms with Gasteiger partial charge in [-0.15, -0.1) is 13.2 Å².